The molecule has 1 unspecified atom stereocenters. The van der Waals surface area contributed by atoms with E-state index in [4.69, 9.17) is 4.74 Å². The van der Waals surface area contributed by atoms with Crippen LogP contribution >= 0.6 is 11.3 Å². The van der Waals surface area contributed by atoms with Crippen LogP contribution in [0.2, 0.25) is 0 Å². The first-order valence-corrected chi connectivity index (χ1v) is 8.58. The Morgan fingerprint density at radius 1 is 1.40 bits per heavy atom. The normalized spacial score (nSPS) is 14.4. The van der Waals surface area contributed by atoms with Crippen LogP contribution in [0.1, 0.15) is 49.4 Å². The summed E-state index contributed by atoms with van der Waals surface area (Å²) in [5.41, 5.74) is 0.364. The number of hydrogen-bond acceptors (Lipinski definition) is 4. The molecule has 20 heavy (non-hydrogen) atoms. The van der Waals surface area contributed by atoms with Gasteiger partial charge in [-0.25, -0.2) is 4.98 Å². The minimum absolute atomic E-state index is 0.364. The van der Waals surface area contributed by atoms with Crippen molar-refractivity contribution < 1.29 is 4.74 Å². The zero-order chi connectivity index (χ0) is 14.8. The number of aryl methyl sites for hydroxylation is 1. The molecule has 1 aromatic rings. The first-order valence-electron chi connectivity index (χ1n) is 7.76. The number of aromatic nitrogens is 1. The van der Waals surface area contributed by atoms with E-state index in [1.54, 1.807) is 7.11 Å². The molecule has 0 bridgehead atoms. The van der Waals surface area contributed by atoms with Crippen molar-refractivity contribution in [2.45, 2.75) is 52.9 Å². The number of ether oxygens (including phenoxy) is 1. The summed E-state index contributed by atoms with van der Waals surface area (Å²) in [7, 11) is 1.76. The smallest absolute Gasteiger partial charge is 0.0896 e. The zero-order valence-electron chi connectivity index (χ0n) is 13.5. The van der Waals surface area contributed by atoms with Gasteiger partial charge >= 0.3 is 0 Å². The molecular weight excluding hydrogens is 268 g/mol. The molecule has 0 radical (unpaired) electrons. The lowest BCUT2D eigenvalue weighted by Crippen LogP contribution is -2.37. The minimum Gasteiger partial charge on any atom is -0.383 e. The summed E-state index contributed by atoms with van der Waals surface area (Å²) < 4.78 is 5.12. The van der Waals surface area contributed by atoms with Crippen LogP contribution in [-0.2, 0) is 11.2 Å². The summed E-state index contributed by atoms with van der Waals surface area (Å²) in [4.78, 5) is 5.83. The second-order valence-corrected chi connectivity index (χ2v) is 6.97. The molecule has 1 rings (SSSR count). The third-order valence-electron chi connectivity index (χ3n) is 4.01. The van der Waals surface area contributed by atoms with Gasteiger partial charge in [-0.05, 0) is 31.6 Å². The van der Waals surface area contributed by atoms with Crippen molar-refractivity contribution in [1.82, 2.24) is 10.3 Å². The van der Waals surface area contributed by atoms with Crippen LogP contribution < -0.4 is 5.32 Å². The first-order chi connectivity index (χ1) is 9.65. The van der Waals surface area contributed by atoms with E-state index < -0.39 is 0 Å². The summed E-state index contributed by atoms with van der Waals surface area (Å²) in [6, 6.07) is 0. The van der Waals surface area contributed by atoms with E-state index in [1.165, 1.54) is 35.6 Å². The molecule has 0 amide bonds. The van der Waals surface area contributed by atoms with Crippen LogP contribution in [0, 0.1) is 12.3 Å². The molecule has 3 nitrogen and oxygen atoms in total. The summed E-state index contributed by atoms with van der Waals surface area (Å²) in [6.07, 6.45) is 8.28. The maximum absolute atomic E-state index is 5.12. The lowest BCUT2D eigenvalue weighted by atomic mass is 9.77. The van der Waals surface area contributed by atoms with Crippen LogP contribution in [0.5, 0.6) is 0 Å². The second kappa shape index (κ2) is 9.48. The molecule has 4 heteroatoms. The van der Waals surface area contributed by atoms with Gasteiger partial charge in [0, 0.05) is 31.3 Å². The average Bonchev–Trinajstić information content (AvgIpc) is 2.86. The number of rotatable bonds is 11. The maximum atomic E-state index is 5.12. The van der Waals surface area contributed by atoms with Gasteiger partial charge in [0.15, 0.2) is 0 Å². The Morgan fingerprint density at radius 2 is 2.20 bits per heavy atom. The monoisotopic (exact) mass is 298 g/mol. The minimum atomic E-state index is 0.364. The van der Waals surface area contributed by atoms with Crippen molar-refractivity contribution in [2.24, 2.45) is 5.41 Å². The lowest BCUT2D eigenvalue weighted by Gasteiger charge is -2.33. The van der Waals surface area contributed by atoms with Crippen molar-refractivity contribution in [3.8, 4) is 0 Å². The van der Waals surface area contributed by atoms with E-state index in [0.29, 0.717) is 5.41 Å². The highest BCUT2D eigenvalue weighted by Gasteiger charge is 2.28. The van der Waals surface area contributed by atoms with Crippen molar-refractivity contribution in [2.75, 3.05) is 26.8 Å². The van der Waals surface area contributed by atoms with Crippen molar-refractivity contribution in [1.29, 1.82) is 0 Å². The predicted molar refractivity (Wildman–Crippen MR) is 87.5 cm³/mol. The lowest BCUT2D eigenvalue weighted by molar-refractivity contribution is 0.182. The SMILES string of the molecule is CCCCC(CC)(CNCCOC)Cc1cnc(C)s1. The van der Waals surface area contributed by atoms with Gasteiger partial charge in [-0.3, -0.25) is 0 Å². The molecule has 0 saturated carbocycles. The van der Waals surface area contributed by atoms with Gasteiger partial charge in [-0.2, -0.15) is 0 Å². The molecule has 116 valence electrons. The summed E-state index contributed by atoms with van der Waals surface area (Å²) in [5, 5.41) is 4.75. The van der Waals surface area contributed by atoms with Gasteiger partial charge in [-0.1, -0.05) is 26.7 Å². The molecule has 0 fully saturated rings. The van der Waals surface area contributed by atoms with E-state index in [0.717, 1.165) is 26.1 Å². The van der Waals surface area contributed by atoms with Gasteiger partial charge in [0.1, 0.15) is 0 Å². The Balaban J connectivity index is 2.64. The van der Waals surface area contributed by atoms with Crippen LogP contribution in [0.25, 0.3) is 0 Å². The molecule has 1 heterocycles. The van der Waals surface area contributed by atoms with E-state index in [1.807, 2.05) is 11.3 Å². The third-order valence-corrected chi connectivity index (χ3v) is 4.92. The fraction of sp³-hybridized carbons (Fsp3) is 0.812. The summed E-state index contributed by atoms with van der Waals surface area (Å²) in [6.45, 7) is 9.48. The molecule has 0 saturated heterocycles. The standard InChI is InChI=1S/C16H30N2OS/c1-5-7-8-16(6-2,13-17-9-10-19-4)11-15-12-18-14(3)20-15/h12,17H,5-11,13H2,1-4H3. The Hall–Kier alpha value is -0.450. The molecule has 1 N–H and O–H groups in total. The van der Waals surface area contributed by atoms with Crippen LogP contribution in [0.4, 0.5) is 0 Å². The second-order valence-electron chi connectivity index (χ2n) is 5.65. The van der Waals surface area contributed by atoms with Crippen molar-refractivity contribution >= 4 is 11.3 Å². The molecule has 0 aliphatic rings. The molecule has 0 aromatic carbocycles. The maximum Gasteiger partial charge on any atom is 0.0896 e. The van der Waals surface area contributed by atoms with Crippen molar-refractivity contribution in [3.05, 3.63) is 16.1 Å². The molecule has 1 atom stereocenters. The molecule has 1 aromatic heterocycles. The van der Waals surface area contributed by atoms with E-state index >= 15 is 0 Å². The Bertz CT molecular complexity index is 367. The predicted octanol–water partition coefficient (Wildman–Crippen LogP) is 3.82. The van der Waals surface area contributed by atoms with Gasteiger partial charge in [0.2, 0.25) is 0 Å². The van der Waals surface area contributed by atoms with E-state index in [-0.39, 0.29) is 0 Å². The molecule has 0 aliphatic carbocycles. The highest BCUT2D eigenvalue weighted by atomic mass is 32.1. The zero-order valence-corrected chi connectivity index (χ0v) is 14.3. The number of thiazole rings is 1. The van der Waals surface area contributed by atoms with Crippen LogP contribution in [-0.4, -0.2) is 31.8 Å². The Kier molecular flexibility index (Phi) is 8.34. The quantitative estimate of drug-likeness (QED) is 0.631. The largest absolute Gasteiger partial charge is 0.383 e. The molecular formula is C16H30N2OS. The van der Waals surface area contributed by atoms with Gasteiger partial charge in [0.25, 0.3) is 0 Å². The first kappa shape index (κ1) is 17.6. The highest BCUT2D eigenvalue weighted by molar-refractivity contribution is 7.11. The molecule has 0 aliphatic heterocycles. The number of nitrogens with zero attached hydrogens (tertiary/aromatic N) is 1. The number of hydrogen-bond donors (Lipinski definition) is 1. The third kappa shape index (κ3) is 5.90. The van der Waals surface area contributed by atoms with E-state index in [9.17, 15) is 0 Å². The van der Waals surface area contributed by atoms with Crippen LogP contribution in [0.3, 0.4) is 0 Å². The summed E-state index contributed by atoms with van der Waals surface area (Å²) >= 11 is 1.84. The van der Waals surface area contributed by atoms with E-state index in [2.05, 4.69) is 37.3 Å². The topological polar surface area (TPSA) is 34.1 Å². The Morgan fingerprint density at radius 3 is 2.75 bits per heavy atom. The van der Waals surface area contributed by atoms with Gasteiger partial charge < -0.3 is 10.1 Å². The fourth-order valence-corrected chi connectivity index (χ4v) is 3.57. The van der Waals surface area contributed by atoms with Crippen molar-refractivity contribution in [3.63, 3.8) is 0 Å². The number of methoxy groups -OCH3 is 1. The number of nitrogens with one attached hydrogen (secondary N) is 1. The number of unbranched alkanes of at least 4 members (excludes halogenated alkanes) is 1. The van der Waals surface area contributed by atoms with Gasteiger partial charge in [-0.15, -0.1) is 11.3 Å². The highest BCUT2D eigenvalue weighted by Crippen LogP contribution is 2.34. The van der Waals surface area contributed by atoms with Gasteiger partial charge in [0.05, 0.1) is 11.6 Å². The summed E-state index contributed by atoms with van der Waals surface area (Å²) in [5.74, 6) is 0. The average molecular weight is 298 g/mol. The van der Waals surface area contributed by atoms with Crippen LogP contribution in [0.15, 0.2) is 6.20 Å². The fourth-order valence-electron chi connectivity index (χ4n) is 2.60. The molecule has 0 spiro atoms. The Labute approximate surface area is 128 Å².